The quantitative estimate of drug-likeness (QED) is 0.726. The van der Waals surface area contributed by atoms with E-state index in [2.05, 4.69) is 26.2 Å². The Hall–Kier alpha value is -2.20. The number of carbonyl (C=O) groups excluding carboxylic acids is 1. The van der Waals surface area contributed by atoms with Gasteiger partial charge in [0.1, 0.15) is 10.4 Å². The Bertz CT molecular complexity index is 796. The lowest BCUT2D eigenvalue weighted by molar-refractivity contribution is -0.115. The molecule has 0 aliphatic heterocycles. The summed E-state index contributed by atoms with van der Waals surface area (Å²) in [5, 5.41) is 5.07. The highest BCUT2D eigenvalue weighted by molar-refractivity contribution is 9.10. The number of anilines is 1. The van der Waals surface area contributed by atoms with Crippen LogP contribution >= 0.6 is 15.9 Å². The number of nitrogens with zero attached hydrogens (tertiary/aromatic N) is 1. The van der Waals surface area contributed by atoms with Crippen molar-refractivity contribution in [1.82, 2.24) is 4.98 Å². The smallest absolute Gasteiger partial charge is 0.229 e. The van der Waals surface area contributed by atoms with Crippen LogP contribution in [0.15, 0.2) is 65.3 Å². The van der Waals surface area contributed by atoms with Crippen LogP contribution in [0, 0.1) is 0 Å². The fourth-order valence-electron chi connectivity index (χ4n) is 2.28. The molecule has 0 aliphatic carbocycles. The van der Waals surface area contributed by atoms with Gasteiger partial charge in [0, 0.05) is 0 Å². The van der Waals surface area contributed by atoms with E-state index in [9.17, 15) is 4.79 Å². The normalized spacial score (nSPS) is 10.5. The van der Waals surface area contributed by atoms with Gasteiger partial charge in [-0.15, -0.1) is 0 Å². The summed E-state index contributed by atoms with van der Waals surface area (Å²) in [7, 11) is 0. The molecule has 0 bridgehead atoms. The molecule has 0 saturated carbocycles. The van der Waals surface area contributed by atoms with Crippen LogP contribution in [0.4, 0.5) is 5.82 Å². The first-order valence-electron chi connectivity index (χ1n) is 6.61. The van der Waals surface area contributed by atoms with E-state index >= 15 is 0 Å². The highest BCUT2D eigenvalue weighted by Crippen LogP contribution is 2.19. The number of fused-ring (bicyclic) bond motifs is 1. The number of benzene rings is 2. The summed E-state index contributed by atoms with van der Waals surface area (Å²) in [6.45, 7) is 0. The van der Waals surface area contributed by atoms with Gasteiger partial charge >= 0.3 is 0 Å². The van der Waals surface area contributed by atoms with E-state index in [0.29, 0.717) is 16.8 Å². The van der Waals surface area contributed by atoms with Crippen LogP contribution in [0.1, 0.15) is 5.56 Å². The molecule has 1 amide bonds. The van der Waals surface area contributed by atoms with Crippen molar-refractivity contribution in [3.63, 3.8) is 0 Å². The maximum Gasteiger partial charge on any atom is 0.229 e. The molecule has 1 N–H and O–H groups in total. The Morgan fingerprint density at radius 3 is 2.62 bits per heavy atom. The second-order valence-electron chi connectivity index (χ2n) is 4.71. The molecule has 21 heavy (non-hydrogen) atoms. The van der Waals surface area contributed by atoms with Crippen LogP contribution < -0.4 is 5.32 Å². The van der Waals surface area contributed by atoms with Gasteiger partial charge in [-0.2, -0.15) is 0 Å². The van der Waals surface area contributed by atoms with Gasteiger partial charge in [-0.1, -0.05) is 48.5 Å². The summed E-state index contributed by atoms with van der Waals surface area (Å²) in [5.41, 5.74) is 1.01. The van der Waals surface area contributed by atoms with E-state index in [4.69, 9.17) is 0 Å². The van der Waals surface area contributed by atoms with Crippen molar-refractivity contribution in [2.24, 2.45) is 0 Å². The maximum atomic E-state index is 12.2. The van der Waals surface area contributed by atoms with Crippen molar-refractivity contribution in [3.05, 3.63) is 70.8 Å². The summed E-state index contributed by atoms with van der Waals surface area (Å²) in [6, 6.07) is 19.5. The maximum absolute atomic E-state index is 12.2. The minimum absolute atomic E-state index is 0.0723. The molecule has 2 aromatic carbocycles. The Balaban J connectivity index is 1.80. The molecule has 1 aromatic heterocycles. The van der Waals surface area contributed by atoms with Crippen LogP contribution in [0.3, 0.4) is 0 Å². The number of aromatic nitrogens is 1. The molecule has 0 unspecified atom stereocenters. The largest absolute Gasteiger partial charge is 0.310 e. The van der Waals surface area contributed by atoms with E-state index in [-0.39, 0.29) is 5.91 Å². The van der Waals surface area contributed by atoms with E-state index in [1.165, 1.54) is 0 Å². The Labute approximate surface area is 131 Å². The van der Waals surface area contributed by atoms with E-state index in [1.54, 1.807) is 6.07 Å². The van der Waals surface area contributed by atoms with E-state index in [0.717, 1.165) is 16.3 Å². The molecule has 3 aromatic rings. The zero-order chi connectivity index (χ0) is 14.7. The lowest BCUT2D eigenvalue weighted by Crippen LogP contribution is -2.15. The predicted octanol–water partition coefficient (Wildman–Crippen LogP) is 4.18. The highest BCUT2D eigenvalue weighted by atomic mass is 79.9. The van der Waals surface area contributed by atoms with E-state index in [1.807, 2.05) is 54.6 Å². The van der Waals surface area contributed by atoms with E-state index < -0.39 is 0 Å². The third-order valence-electron chi connectivity index (χ3n) is 3.21. The summed E-state index contributed by atoms with van der Waals surface area (Å²) >= 11 is 3.29. The fourth-order valence-corrected chi connectivity index (χ4v) is 2.63. The molecule has 0 saturated heterocycles. The van der Waals surface area contributed by atoms with Crippen molar-refractivity contribution in [3.8, 4) is 0 Å². The molecular formula is C17H13BrN2O. The van der Waals surface area contributed by atoms with Crippen molar-refractivity contribution in [2.45, 2.75) is 6.42 Å². The van der Waals surface area contributed by atoms with Gasteiger partial charge in [0.15, 0.2) is 0 Å². The molecule has 4 heteroatoms. The molecular weight excluding hydrogens is 328 g/mol. The molecule has 1 heterocycles. The minimum atomic E-state index is -0.0723. The molecule has 3 nitrogen and oxygen atoms in total. The molecule has 0 atom stereocenters. The first-order valence-corrected chi connectivity index (χ1v) is 7.41. The Morgan fingerprint density at radius 1 is 1.00 bits per heavy atom. The van der Waals surface area contributed by atoms with Crippen molar-refractivity contribution in [2.75, 3.05) is 5.32 Å². The van der Waals surface area contributed by atoms with Crippen LogP contribution in [-0.2, 0) is 11.2 Å². The zero-order valence-electron chi connectivity index (χ0n) is 11.2. The second kappa shape index (κ2) is 6.06. The molecule has 3 rings (SSSR count). The van der Waals surface area contributed by atoms with Gasteiger partial charge in [0.2, 0.25) is 5.91 Å². The number of carbonyl (C=O) groups is 1. The van der Waals surface area contributed by atoms with Gasteiger partial charge in [0.25, 0.3) is 0 Å². The highest BCUT2D eigenvalue weighted by Gasteiger charge is 2.08. The first-order chi connectivity index (χ1) is 10.2. The number of nitrogens with one attached hydrogen (secondary N) is 1. The predicted molar refractivity (Wildman–Crippen MR) is 88.2 cm³/mol. The zero-order valence-corrected chi connectivity index (χ0v) is 12.8. The average molecular weight is 341 g/mol. The van der Waals surface area contributed by atoms with Crippen molar-refractivity contribution < 1.29 is 4.79 Å². The van der Waals surface area contributed by atoms with Gasteiger partial charge < -0.3 is 5.32 Å². The fraction of sp³-hybridized carbons (Fsp3) is 0.0588. The Morgan fingerprint density at radius 2 is 1.76 bits per heavy atom. The average Bonchev–Trinajstić information content (AvgIpc) is 2.47. The van der Waals surface area contributed by atoms with Crippen molar-refractivity contribution in [1.29, 1.82) is 0 Å². The third kappa shape index (κ3) is 3.28. The monoisotopic (exact) mass is 340 g/mol. The second-order valence-corrected chi connectivity index (χ2v) is 5.52. The summed E-state index contributed by atoms with van der Waals surface area (Å²) in [5.74, 6) is 0.478. The number of pyridine rings is 1. The lowest BCUT2D eigenvalue weighted by atomic mass is 10.0. The SMILES string of the molecule is O=C(Cc1cccc2ccccc12)Nc1cccc(Br)n1. The summed E-state index contributed by atoms with van der Waals surface area (Å²) in [6.07, 6.45) is 0.329. The third-order valence-corrected chi connectivity index (χ3v) is 3.66. The molecule has 0 aliphatic rings. The Kier molecular flexibility index (Phi) is 3.97. The van der Waals surface area contributed by atoms with Crippen molar-refractivity contribution >= 4 is 38.4 Å². The lowest BCUT2D eigenvalue weighted by Gasteiger charge is -2.07. The van der Waals surface area contributed by atoms with Crippen LogP contribution in [0.5, 0.6) is 0 Å². The van der Waals surface area contributed by atoms with Gasteiger partial charge in [-0.05, 0) is 44.4 Å². The summed E-state index contributed by atoms with van der Waals surface area (Å²) < 4.78 is 0.700. The topological polar surface area (TPSA) is 42.0 Å². The molecule has 104 valence electrons. The number of hydrogen-bond acceptors (Lipinski definition) is 2. The van der Waals surface area contributed by atoms with Crippen LogP contribution in [-0.4, -0.2) is 10.9 Å². The van der Waals surface area contributed by atoms with Crippen LogP contribution in [0.2, 0.25) is 0 Å². The molecule has 0 radical (unpaired) electrons. The number of hydrogen-bond donors (Lipinski definition) is 1. The van der Waals surface area contributed by atoms with Gasteiger partial charge in [0.05, 0.1) is 6.42 Å². The standard InChI is InChI=1S/C17H13BrN2O/c18-15-9-4-10-16(19-15)20-17(21)11-13-7-3-6-12-5-1-2-8-14(12)13/h1-10H,11H2,(H,19,20,21). The first kappa shape index (κ1) is 13.8. The minimum Gasteiger partial charge on any atom is -0.310 e. The molecule has 0 spiro atoms. The van der Waals surface area contributed by atoms with Crippen LogP contribution in [0.25, 0.3) is 10.8 Å². The van der Waals surface area contributed by atoms with Gasteiger partial charge in [-0.3, -0.25) is 4.79 Å². The summed E-state index contributed by atoms with van der Waals surface area (Å²) in [4.78, 5) is 16.4. The van der Waals surface area contributed by atoms with Gasteiger partial charge in [-0.25, -0.2) is 4.98 Å². The molecule has 0 fully saturated rings. The number of halogens is 1. The number of rotatable bonds is 3. The number of amides is 1.